The Hall–Kier alpha value is -2.28. The predicted octanol–water partition coefficient (Wildman–Crippen LogP) is 2.05. The first-order valence-electron chi connectivity index (χ1n) is 6.39. The molecule has 0 atom stereocenters. The highest BCUT2D eigenvalue weighted by Gasteiger charge is 2.13. The molecule has 0 amide bonds. The molecule has 21 heavy (non-hydrogen) atoms. The van der Waals surface area contributed by atoms with Gasteiger partial charge in [-0.15, -0.1) is 10.8 Å². The molecule has 7 heteroatoms. The lowest BCUT2D eigenvalue weighted by Gasteiger charge is -2.04. The average molecular weight is 304 g/mol. The van der Waals surface area contributed by atoms with Crippen molar-refractivity contribution in [2.24, 2.45) is 0 Å². The number of aromatic nitrogens is 3. The molecule has 1 heterocycles. The Balaban J connectivity index is 2.18. The van der Waals surface area contributed by atoms with Gasteiger partial charge < -0.3 is 10.2 Å². The van der Waals surface area contributed by atoms with Crippen molar-refractivity contribution < 1.29 is 15.0 Å². The number of benzene rings is 1. The molecular formula is C14H14N3O3S-. The summed E-state index contributed by atoms with van der Waals surface area (Å²) in [5.74, 6) is -0.441. The van der Waals surface area contributed by atoms with Crippen molar-refractivity contribution in [3.8, 4) is 5.75 Å². The zero-order valence-corrected chi connectivity index (χ0v) is 12.2. The van der Waals surface area contributed by atoms with Crippen molar-refractivity contribution in [1.82, 2.24) is 15.2 Å². The Morgan fingerprint density at radius 2 is 2.14 bits per heavy atom. The van der Waals surface area contributed by atoms with Gasteiger partial charge in [0, 0.05) is 6.42 Å². The summed E-state index contributed by atoms with van der Waals surface area (Å²) in [5.41, 5.74) is 0.642. The van der Waals surface area contributed by atoms with Gasteiger partial charge >= 0.3 is 5.97 Å². The Labute approximate surface area is 125 Å². The summed E-state index contributed by atoms with van der Waals surface area (Å²) < 4.78 is 0. The zero-order valence-electron chi connectivity index (χ0n) is 11.4. The smallest absolute Gasteiger partial charge is 0.342 e. The molecule has 2 N–H and O–H groups in total. The van der Waals surface area contributed by atoms with Crippen LogP contribution in [-0.4, -0.2) is 26.3 Å². The number of aryl methyl sites for hydroxylation is 1. The number of rotatable bonds is 6. The van der Waals surface area contributed by atoms with Crippen LogP contribution in [0.3, 0.4) is 0 Å². The molecule has 2 rings (SSSR count). The first-order chi connectivity index (χ1) is 10.1. The zero-order chi connectivity index (χ0) is 15.2. The van der Waals surface area contributed by atoms with E-state index in [9.17, 15) is 15.0 Å². The summed E-state index contributed by atoms with van der Waals surface area (Å²) >= 11 is 0.973. The van der Waals surface area contributed by atoms with Gasteiger partial charge in [0.2, 0.25) is 5.16 Å². The number of nitrogens with one attached hydrogen (secondary N) is 1. The third-order valence-electron chi connectivity index (χ3n) is 2.59. The quantitative estimate of drug-likeness (QED) is 0.625. The summed E-state index contributed by atoms with van der Waals surface area (Å²) in [5, 5.41) is 27.4. The van der Waals surface area contributed by atoms with Crippen LogP contribution in [0.2, 0.25) is 0 Å². The molecule has 0 saturated heterocycles. The van der Waals surface area contributed by atoms with Crippen LogP contribution in [0.25, 0.3) is 6.08 Å². The van der Waals surface area contributed by atoms with Gasteiger partial charge in [-0.1, -0.05) is 31.2 Å². The highest BCUT2D eigenvalue weighted by Crippen LogP contribution is 2.26. The molecule has 0 bridgehead atoms. The van der Waals surface area contributed by atoms with Gasteiger partial charge in [0.25, 0.3) is 0 Å². The summed E-state index contributed by atoms with van der Waals surface area (Å²) in [6.45, 7) is 2.03. The molecule has 0 spiro atoms. The van der Waals surface area contributed by atoms with E-state index in [1.807, 2.05) is 6.92 Å². The molecule has 110 valence electrons. The molecule has 0 saturated carbocycles. The Kier molecular flexibility index (Phi) is 4.99. The topological polar surface area (TPSA) is 102 Å². The Morgan fingerprint density at radius 1 is 1.43 bits per heavy atom. The standard InChI is InChI=1S/C14H15N3O3S/c1-2-3-12-15-14(17-16-12)21-11(13(19)20)8-9-4-6-10(18)7-5-9/h4-8,18H,2-3H2,1H3,(H,19,20)(H,15,16,17)/p-1/b11-8-. The highest BCUT2D eigenvalue weighted by atomic mass is 32.2. The van der Waals surface area contributed by atoms with Crippen molar-refractivity contribution >= 4 is 23.8 Å². The number of aromatic amines is 1. The van der Waals surface area contributed by atoms with Crippen LogP contribution < -0.4 is 5.11 Å². The summed E-state index contributed by atoms with van der Waals surface area (Å²) in [7, 11) is 0. The van der Waals surface area contributed by atoms with Crippen molar-refractivity contribution in [1.29, 1.82) is 0 Å². The maximum Gasteiger partial charge on any atom is 0.342 e. The number of carboxylic acid groups (broad SMARTS) is 1. The van der Waals surface area contributed by atoms with Crippen LogP contribution in [0.15, 0.2) is 34.3 Å². The molecule has 0 radical (unpaired) electrons. The van der Waals surface area contributed by atoms with Crippen LogP contribution in [0.5, 0.6) is 5.75 Å². The number of hydrogen-bond acceptors (Lipinski definition) is 5. The van der Waals surface area contributed by atoms with Crippen molar-refractivity contribution in [2.45, 2.75) is 24.9 Å². The van der Waals surface area contributed by atoms with E-state index in [1.54, 1.807) is 12.1 Å². The van der Waals surface area contributed by atoms with Crippen LogP contribution >= 0.6 is 11.8 Å². The van der Waals surface area contributed by atoms with Gasteiger partial charge in [0.15, 0.2) is 0 Å². The number of nitrogens with zero attached hydrogens (tertiary/aromatic N) is 2. The number of H-pyrrole nitrogens is 1. The van der Waals surface area contributed by atoms with Gasteiger partial charge in [0.1, 0.15) is 10.7 Å². The SMILES string of the molecule is CCCc1nc(S/C(=C\c2ccc([O-])cc2)C(=O)O)n[nH]1. The molecule has 0 aliphatic heterocycles. The van der Waals surface area contributed by atoms with Crippen LogP contribution in [-0.2, 0) is 11.2 Å². The summed E-state index contributed by atoms with van der Waals surface area (Å²) in [6, 6.07) is 5.93. The van der Waals surface area contributed by atoms with E-state index in [0.717, 1.165) is 30.4 Å². The van der Waals surface area contributed by atoms with Crippen LogP contribution in [0.4, 0.5) is 0 Å². The average Bonchev–Trinajstić information content (AvgIpc) is 2.88. The molecule has 1 aromatic heterocycles. The van der Waals surface area contributed by atoms with E-state index in [0.29, 0.717) is 10.7 Å². The Bertz CT molecular complexity index is 650. The molecular weight excluding hydrogens is 290 g/mol. The lowest BCUT2D eigenvalue weighted by Crippen LogP contribution is -1.97. The maximum atomic E-state index is 11.3. The van der Waals surface area contributed by atoms with E-state index in [1.165, 1.54) is 18.2 Å². The second-order valence-corrected chi connectivity index (χ2v) is 5.31. The molecule has 2 aromatic rings. The fraction of sp³-hybridized carbons (Fsp3) is 0.214. The van der Waals surface area contributed by atoms with Gasteiger partial charge in [0.05, 0.1) is 0 Å². The third-order valence-corrected chi connectivity index (χ3v) is 3.47. The lowest BCUT2D eigenvalue weighted by atomic mass is 10.2. The molecule has 0 fully saturated rings. The molecule has 0 aliphatic carbocycles. The molecule has 6 nitrogen and oxygen atoms in total. The number of thioether (sulfide) groups is 1. The maximum absolute atomic E-state index is 11.3. The summed E-state index contributed by atoms with van der Waals surface area (Å²) in [6.07, 6.45) is 3.19. The predicted molar refractivity (Wildman–Crippen MR) is 77.7 cm³/mol. The second-order valence-electron chi connectivity index (χ2n) is 4.30. The second kappa shape index (κ2) is 6.94. The third kappa shape index (κ3) is 4.35. The van der Waals surface area contributed by atoms with Gasteiger partial charge in [-0.05, 0) is 29.8 Å². The molecule has 0 aliphatic rings. The normalized spacial score (nSPS) is 11.6. The largest absolute Gasteiger partial charge is 0.872 e. The number of carbonyl (C=O) groups is 1. The number of aliphatic carboxylic acids is 1. The van der Waals surface area contributed by atoms with Crippen molar-refractivity contribution in [2.75, 3.05) is 0 Å². The van der Waals surface area contributed by atoms with Crippen molar-refractivity contribution in [3.05, 3.63) is 40.6 Å². The molecule has 0 unspecified atom stereocenters. The Morgan fingerprint density at radius 3 is 2.76 bits per heavy atom. The van der Waals surface area contributed by atoms with E-state index < -0.39 is 5.97 Å². The summed E-state index contributed by atoms with van der Waals surface area (Å²) in [4.78, 5) is 15.6. The van der Waals surface area contributed by atoms with Gasteiger partial charge in [-0.25, -0.2) is 9.78 Å². The monoisotopic (exact) mass is 304 g/mol. The number of hydrogen-bond donors (Lipinski definition) is 2. The minimum atomic E-state index is -1.06. The number of carboxylic acids is 1. The minimum absolute atomic E-state index is 0.0932. The molecule has 1 aromatic carbocycles. The van der Waals surface area contributed by atoms with E-state index >= 15 is 0 Å². The lowest BCUT2D eigenvalue weighted by molar-refractivity contribution is -0.268. The first-order valence-corrected chi connectivity index (χ1v) is 7.21. The van der Waals surface area contributed by atoms with Crippen LogP contribution in [0, 0.1) is 0 Å². The fourth-order valence-corrected chi connectivity index (χ4v) is 2.35. The fourth-order valence-electron chi connectivity index (χ4n) is 1.62. The van der Waals surface area contributed by atoms with Crippen molar-refractivity contribution in [3.63, 3.8) is 0 Å². The first kappa shape index (κ1) is 15.1. The highest BCUT2D eigenvalue weighted by molar-refractivity contribution is 8.04. The van der Waals surface area contributed by atoms with Gasteiger partial charge in [-0.3, -0.25) is 5.10 Å². The van der Waals surface area contributed by atoms with E-state index in [2.05, 4.69) is 15.2 Å². The van der Waals surface area contributed by atoms with Gasteiger partial charge in [-0.2, -0.15) is 0 Å². The minimum Gasteiger partial charge on any atom is -0.872 e. The van der Waals surface area contributed by atoms with Crippen LogP contribution in [0.1, 0.15) is 24.7 Å². The van der Waals surface area contributed by atoms with E-state index in [4.69, 9.17) is 0 Å². The van der Waals surface area contributed by atoms with E-state index in [-0.39, 0.29) is 10.7 Å².